The van der Waals surface area contributed by atoms with Crippen LogP contribution in [0.3, 0.4) is 0 Å². The number of ketones is 1. The number of benzene rings is 1. The minimum Gasteiger partial charge on any atom is -0.494 e. The fourth-order valence-electron chi connectivity index (χ4n) is 1.85. The van der Waals surface area contributed by atoms with E-state index in [4.69, 9.17) is 4.74 Å². The van der Waals surface area contributed by atoms with Gasteiger partial charge in [-0.2, -0.15) is 13.2 Å². The SMILES string of the molecule is CCOc1ccc(C(=O)c2cnccc2C(F)(F)F)cc1. The fourth-order valence-corrected chi connectivity index (χ4v) is 1.85. The van der Waals surface area contributed by atoms with Crippen LogP contribution in [0.15, 0.2) is 42.7 Å². The molecule has 1 heterocycles. The zero-order valence-electron chi connectivity index (χ0n) is 11.1. The lowest BCUT2D eigenvalue weighted by Gasteiger charge is -2.11. The molecule has 1 aromatic carbocycles. The third-order valence-corrected chi connectivity index (χ3v) is 2.80. The molecule has 0 spiro atoms. The third kappa shape index (κ3) is 3.39. The minimum absolute atomic E-state index is 0.150. The van der Waals surface area contributed by atoms with Crippen LogP contribution in [0.5, 0.6) is 5.75 Å². The first kappa shape index (κ1) is 15.0. The number of carbonyl (C=O) groups is 1. The van der Waals surface area contributed by atoms with Crippen LogP contribution in [0.25, 0.3) is 0 Å². The third-order valence-electron chi connectivity index (χ3n) is 2.80. The van der Waals surface area contributed by atoms with Crippen LogP contribution in [0, 0.1) is 0 Å². The van der Waals surface area contributed by atoms with E-state index in [9.17, 15) is 18.0 Å². The van der Waals surface area contributed by atoms with Crippen molar-refractivity contribution in [2.45, 2.75) is 13.1 Å². The maximum absolute atomic E-state index is 12.9. The van der Waals surface area contributed by atoms with Gasteiger partial charge in [-0.3, -0.25) is 9.78 Å². The van der Waals surface area contributed by atoms with Gasteiger partial charge in [-0.25, -0.2) is 0 Å². The predicted molar refractivity (Wildman–Crippen MR) is 70.3 cm³/mol. The van der Waals surface area contributed by atoms with E-state index >= 15 is 0 Å². The number of halogens is 3. The highest BCUT2D eigenvalue weighted by Crippen LogP contribution is 2.32. The molecule has 0 radical (unpaired) electrons. The zero-order valence-corrected chi connectivity index (χ0v) is 11.1. The molecule has 0 bridgehead atoms. The quantitative estimate of drug-likeness (QED) is 0.807. The predicted octanol–water partition coefficient (Wildman–Crippen LogP) is 3.73. The Labute approximate surface area is 119 Å². The Morgan fingerprint density at radius 1 is 1.19 bits per heavy atom. The van der Waals surface area contributed by atoms with Gasteiger partial charge >= 0.3 is 6.18 Å². The summed E-state index contributed by atoms with van der Waals surface area (Å²) in [6.45, 7) is 2.28. The summed E-state index contributed by atoms with van der Waals surface area (Å²) in [5.74, 6) is -0.172. The molecule has 0 amide bonds. The summed E-state index contributed by atoms with van der Waals surface area (Å²) in [6, 6.07) is 6.74. The highest BCUT2D eigenvalue weighted by atomic mass is 19.4. The van der Waals surface area contributed by atoms with Gasteiger partial charge in [0.05, 0.1) is 17.7 Å². The van der Waals surface area contributed by atoms with E-state index in [1.165, 1.54) is 12.1 Å². The number of ether oxygens (including phenoxy) is 1. The van der Waals surface area contributed by atoms with Gasteiger partial charge in [-0.1, -0.05) is 0 Å². The molecule has 2 rings (SSSR count). The van der Waals surface area contributed by atoms with E-state index in [1.54, 1.807) is 12.1 Å². The molecular weight excluding hydrogens is 283 g/mol. The number of hydrogen-bond donors (Lipinski definition) is 0. The number of hydrogen-bond acceptors (Lipinski definition) is 3. The summed E-state index contributed by atoms with van der Waals surface area (Å²) in [6.07, 6.45) is -2.65. The second kappa shape index (κ2) is 5.95. The Bertz CT molecular complexity index is 636. The maximum Gasteiger partial charge on any atom is 0.417 e. The number of rotatable bonds is 4. The number of carbonyl (C=O) groups excluding carboxylic acids is 1. The zero-order chi connectivity index (χ0) is 15.5. The van der Waals surface area contributed by atoms with Crippen LogP contribution in [-0.4, -0.2) is 17.4 Å². The first-order valence-corrected chi connectivity index (χ1v) is 6.22. The number of pyridine rings is 1. The molecule has 0 aliphatic carbocycles. The fraction of sp³-hybridized carbons (Fsp3) is 0.200. The molecule has 0 N–H and O–H groups in total. The average Bonchev–Trinajstić information content (AvgIpc) is 2.47. The number of aromatic nitrogens is 1. The van der Waals surface area contributed by atoms with Crippen LogP contribution < -0.4 is 4.74 Å². The van der Waals surface area contributed by atoms with Gasteiger partial charge in [0.2, 0.25) is 0 Å². The molecule has 3 nitrogen and oxygen atoms in total. The van der Waals surface area contributed by atoms with E-state index in [1.807, 2.05) is 6.92 Å². The van der Waals surface area contributed by atoms with Crippen molar-refractivity contribution in [1.82, 2.24) is 4.98 Å². The van der Waals surface area contributed by atoms with Gasteiger partial charge in [0.1, 0.15) is 5.75 Å². The summed E-state index contributed by atoms with van der Waals surface area (Å²) in [4.78, 5) is 15.8. The second-order valence-electron chi connectivity index (χ2n) is 4.21. The Morgan fingerprint density at radius 3 is 2.43 bits per heavy atom. The van der Waals surface area contributed by atoms with Gasteiger partial charge in [-0.05, 0) is 37.3 Å². The minimum atomic E-state index is -4.60. The molecule has 21 heavy (non-hydrogen) atoms. The summed E-state index contributed by atoms with van der Waals surface area (Å²) in [7, 11) is 0. The number of alkyl halides is 3. The lowest BCUT2D eigenvalue weighted by molar-refractivity contribution is -0.137. The highest BCUT2D eigenvalue weighted by Gasteiger charge is 2.35. The van der Waals surface area contributed by atoms with Crippen molar-refractivity contribution in [3.8, 4) is 5.75 Å². The molecule has 6 heteroatoms. The topological polar surface area (TPSA) is 39.2 Å². The molecule has 0 fully saturated rings. The molecule has 0 atom stereocenters. The maximum atomic E-state index is 12.9. The van der Waals surface area contributed by atoms with Gasteiger partial charge in [0.25, 0.3) is 0 Å². The van der Waals surface area contributed by atoms with Crippen molar-refractivity contribution in [3.05, 3.63) is 59.4 Å². The molecule has 0 aliphatic rings. The molecule has 0 unspecified atom stereocenters. The van der Waals surface area contributed by atoms with E-state index in [2.05, 4.69) is 4.98 Å². The highest BCUT2D eigenvalue weighted by molar-refractivity contribution is 6.09. The van der Waals surface area contributed by atoms with Crippen molar-refractivity contribution in [2.75, 3.05) is 6.61 Å². The van der Waals surface area contributed by atoms with Crippen molar-refractivity contribution in [1.29, 1.82) is 0 Å². The smallest absolute Gasteiger partial charge is 0.417 e. The Balaban J connectivity index is 2.36. The molecule has 1 aromatic heterocycles. The Morgan fingerprint density at radius 2 is 1.86 bits per heavy atom. The van der Waals surface area contributed by atoms with Crippen molar-refractivity contribution >= 4 is 5.78 Å². The van der Waals surface area contributed by atoms with Crippen LogP contribution in [-0.2, 0) is 6.18 Å². The van der Waals surface area contributed by atoms with Crippen LogP contribution in [0.2, 0.25) is 0 Å². The normalized spacial score (nSPS) is 11.2. The van der Waals surface area contributed by atoms with Crippen molar-refractivity contribution in [3.63, 3.8) is 0 Å². The molecule has 0 aliphatic heterocycles. The number of nitrogens with zero attached hydrogens (tertiary/aromatic N) is 1. The average molecular weight is 295 g/mol. The summed E-state index contributed by atoms with van der Waals surface area (Å²) in [5, 5.41) is 0. The van der Waals surface area contributed by atoms with Crippen LogP contribution in [0.4, 0.5) is 13.2 Å². The molecule has 0 saturated carbocycles. The second-order valence-corrected chi connectivity index (χ2v) is 4.21. The monoisotopic (exact) mass is 295 g/mol. The van der Waals surface area contributed by atoms with E-state index in [0.29, 0.717) is 12.4 Å². The van der Waals surface area contributed by atoms with Crippen LogP contribution in [0.1, 0.15) is 28.4 Å². The van der Waals surface area contributed by atoms with Crippen LogP contribution >= 0.6 is 0 Å². The lowest BCUT2D eigenvalue weighted by atomic mass is 10.00. The van der Waals surface area contributed by atoms with E-state index in [0.717, 1.165) is 18.5 Å². The van der Waals surface area contributed by atoms with Crippen molar-refractivity contribution in [2.24, 2.45) is 0 Å². The molecule has 0 saturated heterocycles. The first-order chi connectivity index (χ1) is 9.93. The summed E-state index contributed by atoms with van der Waals surface area (Å²) in [5.41, 5.74) is -1.30. The van der Waals surface area contributed by atoms with Gasteiger partial charge in [0.15, 0.2) is 5.78 Å². The summed E-state index contributed by atoms with van der Waals surface area (Å²) >= 11 is 0. The Hall–Kier alpha value is -2.37. The summed E-state index contributed by atoms with van der Waals surface area (Å²) < 4.78 is 43.9. The first-order valence-electron chi connectivity index (χ1n) is 6.22. The molecule has 2 aromatic rings. The largest absolute Gasteiger partial charge is 0.494 e. The van der Waals surface area contributed by atoms with Crippen molar-refractivity contribution < 1.29 is 22.7 Å². The van der Waals surface area contributed by atoms with Gasteiger partial charge in [-0.15, -0.1) is 0 Å². The Kier molecular flexibility index (Phi) is 4.26. The standard InChI is InChI=1S/C15H12F3NO2/c1-2-21-11-5-3-10(4-6-11)14(20)12-9-19-8-7-13(12)15(16,17)18/h3-9H,2H2,1H3. The van der Waals surface area contributed by atoms with Gasteiger partial charge in [0, 0.05) is 18.0 Å². The lowest BCUT2D eigenvalue weighted by Crippen LogP contribution is -2.14. The van der Waals surface area contributed by atoms with E-state index < -0.39 is 23.1 Å². The van der Waals surface area contributed by atoms with E-state index in [-0.39, 0.29) is 5.56 Å². The molecule has 110 valence electrons. The molecular formula is C15H12F3NO2. The van der Waals surface area contributed by atoms with Gasteiger partial charge < -0.3 is 4.74 Å².